The maximum atomic E-state index is 5.51. The number of rotatable bonds is 1. The molecule has 1 aromatic rings. The summed E-state index contributed by atoms with van der Waals surface area (Å²) in [6, 6.07) is 7.60. The maximum absolute atomic E-state index is 5.51. The number of hydrogen-bond acceptors (Lipinski definition) is 2. The van der Waals surface area contributed by atoms with Crippen molar-refractivity contribution < 1.29 is 10.2 Å². The summed E-state index contributed by atoms with van der Waals surface area (Å²) in [6.45, 7) is 1.26. The maximum Gasteiger partial charge on any atom is 0.119 e. The molecule has 2 aliphatic carbocycles. The van der Waals surface area contributed by atoms with Gasteiger partial charge in [-0.2, -0.15) is 0 Å². The van der Waals surface area contributed by atoms with Crippen molar-refractivity contribution in [3.05, 3.63) is 29.3 Å². The molecular weight excluding hydrogens is 342 g/mol. The standard InChI is InChI=1S/C18H25NO.BrH.H2O/c1-19-10-9-18-8-4-3-5-15(18)17(19)11-13-6-7-14(20-2)12-16(13)18;;/h6-7,12,15,17H,3-5,8-11H2,1-2H3;1H;1H2/t15?,17-,18-;;/m1../s1. The Morgan fingerprint density at radius 2 is 2.05 bits per heavy atom. The second-order valence-electron chi connectivity index (χ2n) is 7.03. The number of benzene rings is 1. The van der Waals surface area contributed by atoms with Crippen molar-refractivity contribution in [1.82, 2.24) is 4.90 Å². The first-order chi connectivity index (χ1) is 9.74. The molecule has 1 aliphatic heterocycles. The van der Waals surface area contributed by atoms with E-state index in [0.29, 0.717) is 5.41 Å². The minimum atomic E-state index is 0. The zero-order valence-electron chi connectivity index (χ0n) is 13.6. The highest BCUT2D eigenvalue weighted by molar-refractivity contribution is 8.93. The number of ether oxygens (including phenoxy) is 1. The third kappa shape index (κ3) is 2.40. The van der Waals surface area contributed by atoms with Crippen LogP contribution in [0.5, 0.6) is 5.75 Å². The van der Waals surface area contributed by atoms with E-state index in [1.807, 2.05) is 0 Å². The first-order valence-corrected chi connectivity index (χ1v) is 8.12. The average molecular weight is 370 g/mol. The van der Waals surface area contributed by atoms with Crippen molar-refractivity contribution in [3.8, 4) is 5.75 Å². The van der Waals surface area contributed by atoms with Crippen LogP contribution in [-0.2, 0) is 11.8 Å². The molecule has 1 saturated heterocycles. The van der Waals surface area contributed by atoms with Crippen LogP contribution >= 0.6 is 17.0 Å². The highest BCUT2D eigenvalue weighted by Gasteiger charge is 2.53. The molecule has 0 radical (unpaired) electrons. The van der Waals surface area contributed by atoms with E-state index in [9.17, 15) is 0 Å². The van der Waals surface area contributed by atoms with Gasteiger partial charge in [0.25, 0.3) is 0 Å². The van der Waals surface area contributed by atoms with Crippen LogP contribution in [-0.4, -0.2) is 37.1 Å². The monoisotopic (exact) mass is 369 g/mol. The largest absolute Gasteiger partial charge is 0.497 e. The molecule has 0 amide bonds. The number of halogens is 1. The molecule has 22 heavy (non-hydrogen) atoms. The second kappa shape index (κ2) is 6.50. The number of methoxy groups -OCH3 is 1. The predicted octanol–water partition coefficient (Wildman–Crippen LogP) is 3.14. The number of hydrogen-bond donors (Lipinski definition) is 0. The minimum Gasteiger partial charge on any atom is -0.497 e. The molecule has 3 atom stereocenters. The van der Waals surface area contributed by atoms with Crippen LogP contribution in [0, 0.1) is 5.92 Å². The summed E-state index contributed by atoms with van der Waals surface area (Å²) in [5, 5.41) is 0. The summed E-state index contributed by atoms with van der Waals surface area (Å²) in [5.74, 6) is 1.91. The van der Waals surface area contributed by atoms with E-state index < -0.39 is 0 Å². The molecule has 1 aromatic carbocycles. The summed E-state index contributed by atoms with van der Waals surface area (Å²) in [7, 11) is 4.12. The minimum absolute atomic E-state index is 0. The van der Waals surface area contributed by atoms with Gasteiger partial charge in [-0.05, 0) is 68.5 Å². The quantitative estimate of drug-likeness (QED) is 0.762. The second-order valence-corrected chi connectivity index (χ2v) is 7.03. The van der Waals surface area contributed by atoms with Gasteiger partial charge in [-0.15, -0.1) is 17.0 Å². The fourth-order valence-electron chi connectivity index (χ4n) is 5.30. The molecule has 3 nitrogen and oxygen atoms in total. The lowest BCUT2D eigenvalue weighted by molar-refractivity contribution is 0.00274. The molecule has 124 valence electrons. The topological polar surface area (TPSA) is 44.0 Å². The van der Waals surface area contributed by atoms with Gasteiger partial charge in [0, 0.05) is 11.5 Å². The summed E-state index contributed by atoms with van der Waals surface area (Å²) < 4.78 is 5.51. The molecule has 3 aliphatic rings. The average Bonchev–Trinajstić information content (AvgIpc) is 2.50. The van der Waals surface area contributed by atoms with E-state index >= 15 is 0 Å². The van der Waals surface area contributed by atoms with Crippen LogP contribution in [0.1, 0.15) is 43.2 Å². The Labute approximate surface area is 144 Å². The summed E-state index contributed by atoms with van der Waals surface area (Å²) >= 11 is 0. The molecule has 4 rings (SSSR count). The van der Waals surface area contributed by atoms with E-state index in [-0.39, 0.29) is 22.5 Å². The van der Waals surface area contributed by atoms with Crippen LogP contribution in [0.25, 0.3) is 0 Å². The third-order valence-electron chi connectivity index (χ3n) is 6.32. The van der Waals surface area contributed by atoms with Gasteiger partial charge in [0.15, 0.2) is 0 Å². The zero-order valence-corrected chi connectivity index (χ0v) is 15.3. The van der Waals surface area contributed by atoms with Gasteiger partial charge in [-0.3, -0.25) is 0 Å². The Bertz CT molecular complexity index is 536. The highest BCUT2D eigenvalue weighted by atomic mass is 79.9. The van der Waals surface area contributed by atoms with Gasteiger partial charge >= 0.3 is 0 Å². The molecule has 1 saturated carbocycles. The van der Waals surface area contributed by atoms with Crippen LogP contribution in [0.15, 0.2) is 18.2 Å². The Morgan fingerprint density at radius 1 is 1.23 bits per heavy atom. The van der Waals surface area contributed by atoms with Crippen LogP contribution in [0.2, 0.25) is 0 Å². The molecule has 2 bridgehead atoms. The molecule has 4 heteroatoms. The van der Waals surface area contributed by atoms with Crippen LogP contribution < -0.4 is 4.74 Å². The zero-order chi connectivity index (χ0) is 13.7. The van der Waals surface area contributed by atoms with Gasteiger partial charge in [0.1, 0.15) is 5.75 Å². The van der Waals surface area contributed by atoms with Crippen molar-refractivity contribution in [2.45, 2.75) is 50.0 Å². The fraction of sp³-hybridized carbons (Fsp3) is 0.667. The lowest BCUT2D eigenvalue weighted by Crippen LogP contribution is -2.59. The number of likely N-dealkylation sites (N-methyl/N-ethyl adjacent to an activating group) is 1. The van der Waals surface area contributed by atoms with Crippen molar-refractivity contribution >= 4 is 17.0 Å². The Morgan fingerprint density at radius 3 is 2.82 bits per heavy atom. The summed E-state index contributed by atoms with van der Waals surface area (Å²) in [5.41, 5.74) is 3.67. The van der Waals surface area contributed by atoms with Gasteiger partial charge in [0.2, 0.25) is 0 Å². The van der Waals surface area contributed by atoms with Crippen molar-refractivity contribution in [1.29, 1.82) is 0 Å². The smallest absolute Gasteiger partial charge is 0.119 e. The Balaban J connectivity index is 0.000000882. The van der Waals surface area contributed by atoms with Gasteiger partial charge in [-0.25, -0.2) is 0 Å². The number of nitrogens with zero attached hydrogens (tertiary/aromatic N) is 1. The van der Waals surface area contributed by atoms with Crippen molar-refractivity contribution in [2.75, 3.05) is 20.7 Å². The Hall–Kier alpha value is -0.580. The molecule has 1 unspecified atom stereocenters. The van der Waals surface area contributed by atoms with Crippen LogP contribution in [0.3, 0.4) is 0 Å². The highest BCUT2D eigenvalue weighted by Crippen LogP contribution is 2.55. The Kier molecular flexibility index (Phi) is 5.25. The molecule has 2 N–H and O–H groups in total. The van der Waals surface area contributed by atoms with Gasteiger partial charge in [-0.1, -0.05) is 18.9 Å². The normalized spacial score (nSPS) is 32.8. The molecular formula is C18H28BrNO2. The summed E-state index contributed by atoms with van der Waals surface area (Å²) in [6.07, 6.45) is 8.22. The van der Waals surface area contributed by atoms with Crippen molar-refractivity contribution in [3.63, 3.8) is 0 Å². The van der Waals surface area contributed by atoms with E-state index in [4.69, 9.17) is 4.74 Å². The lowest BCUT2D eigenvalue weighted by Gasteiger charge is -2.58. The number of piperidine rings is 1. The third-order valence-corrected chi connectivity index (χ3v) is 6.32. The van der Waals surface area contributed by atoms with E-state index in [1.54, 1.807) is 18.2 Å². The van der Waals surface area contributed by atoms with Gasteiger partial charge in [0.05, 0.1) is 7.11 Å². The first kappa shape index (κ1) is 17.8. The number of likely N-dealkylation sites (tertiary alicyclic amines) is 1. The summed E-state index contributed by atoms with van der Waals surface area (Å²) in [4.78, 5) is 2.63. The molecule has 0 spiro atoms. The van der Waals surface area contributed by atoms with Crippen molar-refractivity contribution in [2.24, 2.45) is 5.92 Å². The molecule has 0 aromatic heterocycles. The van der Waals surface area contributed by atoms with Crippen LogP contribution in [0.4, 0.5) is 0 Å². The van der Waals surface area contributed by atoms with E-state index in [1.165, 1.54) is 45.1 Å². The van der Waals surface area contributed by atoms with E-state index in [0.717, 1.165) is 17.7 Å². The fourth-order valence-corrected chi connectivity index (χ4v) is 5.30. The van der Waals surface area contributed by atoms with Gasteiger partial charge < -0.3 is 15.1 Å². The SMILES string of the molecule is Br.COc1ccc2c(c1)[C@@]13CCCCC1[C@@H](C2)N(C)CC3.O. The predicted molar refractivity (Wildman–Crippen MR) is 95.3 cm³/mol. The molecule has 1 heterocycles. The number of fused-ring (bicyclic) bond motifs is 1. The molecule has 2 fully saturated rings. The van der Waals surface area contributed by atoms with E-state index in [2.05, 4.69) is 30.1 Å². The first-order valence-electron chi connectivity index (χ1n) is 8.12. The lowest BCUT2D eigenvalue weighted by atomic mass is 9.52.